The molecule has 1 unspecified atom stereocenters. The topological polar surface area (TPSA) is 85.4 Å². The first-order valence-electron chi connectivity index (χ1n) is 10.4. The number of halogens is 1. The molecule has 156 valence electrons. The average Bonchev–Trinajstić information content (AvgIpc) is 3.28. The summed E-state index contributed by atoms with van der Waals surface area (Å²) in [6.45, 7) is 5.00. The number of aromatic nitrogens is 5. The highest BCUT2D eigenvalue weighted by Gasteiger charge is 2.18. The van der Waals surface area contributed by atoms with Gasteiger partial charge in [0.15, 0.2) is 5.65 Å². The van der Waals surface area contributed by atoms with E-state index >= 15 is 0 Å². The Kier molecular flexibility index (Phi) is 5.62. The molecule has 0 aliphatic heterocycles. The number of benzene rings is 1. The van der Waals surface area contributed by atoms with Crippen molar-refractivity contribution in [2.75, 3.05) is 0 Å². The number of imidazole rings is 1. The minimum Gasteiger partial charge on any atom is -0.324 e. The van der Waals surface area contributed by atoms with Crippen LogP contribution in [0.1, 0.15) is 49.0 Å². The highest BCUT2D eigenvalue weighted by atomic mass is 35.5. The number of nitrogens with one attached hydrogen (secondary N) is 1. The number of hydrogen-bond acceptors (Lipinski definition) is 4. The van der Waals surface area contributed by atoms with Crippen molar-refractivity contribution in [3.63, 3.8) is 0 Å². The number of fused-ring (bicyclic) bond motifs is 2. The second kappa shape index (κ2) is 8.20. The maximum absolute atomic E-state index is 6.39. The molecule has 1 aliphatic rings. The van der Waals surface area contributed by atoms with E-state index < -0.39 is 0 Å². The highest BCUT2D eigenvalue weighted by Crippen LogP contribution is 2.34. The molecule has 3 heterocycles. The maximum Gasteiger partial charge on any atom is 0.158 e. The Morgan fingerprint density at radius 3 is 2.87 bits per heavy atom. The fourth-order valence-corrected chi connectivity index (χ4v) is 4.46. The zero-order chi connectivity index (χ0) is 20.0. The van der Waals surface area contributed by atoms with Crippen LogP contribution in [0.5, 0.6) is 0 Å². The van der Waals surface area contributed by atoms with Gasteiger partial charge in [-0.15, -0.1) is 12.4 Å². The summed E-state index contributed by atoms with van der Waals surface area (Å²) >= 11 is 0. The van der Waals surface area contributed by atoms with Crippen molar-refractivity contribution in [1.82, 2.24) is 24.7 Å². The van der Waals surface area contributed by atoms with E-state index in [9.17, 15) is 0 Å². The molecule has 5 rings (SSSR count). The average molecular weight is 423 g/mol. The van der Waals surface area contributed by atoms with Crippen LogP contribution in [0.3, 0.4) is 0 Å². The van der Waals surface area contributed by atoms with E-state index in [0.717, 1.165) is 53.2 Å². The van der Waals surface area contributed by atoms with Gasteiger partial charge in [0.25, 0.3) is 0 Å². The summed E-state index contributed by atoms with van der Waals surface area (Å²) in [4.78, 5) is 12.8. The molecular weight excluding hydrogens is 396 g/mol. The van der Waals surface area contributed by atoms with Crippen LogP contribution in [0.2, 0.25) is 0 Å². The molecule has 0 spiro atoms. The van der Waals surface area contributed by atoms with Gasteiger partial charge in [0.05, 0.1) is 11.8 Å². The summed E-state index contributed by atoms with van der Waals surface area (Å²) in [5, 5.41) is 4.45. The quantitative estimate of drug-likeness (QED) is 0.456. The van der Waals surface area contributed by atoms with E-state index in [2.05, 4.69) is 47.1 Å². The molecule has 3 aromatic heterocycles. The normalized spacial score (nSPS) is 16.2. The van der Waals surface area contributed by atoms with Gasteiger partial charge in [-0.1, -0.05) is 24.6 Å². The summed E-state index contributed by atoms with van der Waals surface area (Å²) in [6.07, 6.45) is 8.27. The lowest BCUT2D eigenvalue weighted by molar-refractivity contribution is 0.615. The molecule has 0 fully saturated rings. The smallest absolute Gasteiger partial charge is 0.158 e. The van der Waals surface area contributed by atoms with Crippen molar-refractivity contribution in [3.05, 3.63) is 53.5 Å². The Balaban J connectivity index is 0.00000218. The summed E-state index contributed by atoms with van der Waals surface area (Å²) in [5.74, 6) is 0.814. The Labute approximate surface area is 182 Å². The lowest BCUT2D eigenvalue weighted by atomic mass is 9.94. The number of hydrogen-bond donors (Lipinski definition) is 2. The van der Waals surface area contributed by atoms with Crippen LogP contribution < -0.4 is 5.73 Å². The second-order valence-corrected chi connectivity index (χ2v) is 7.87. The molecule has 3 N–H and O–H groups in total. The minimum atomic E-state index is 0. The van der Waals surface area contributed by atoms with Gasteiger partial charge in [0.1, 0.15) is 11.3 Å². The van der Waals surface area contributed by atoms with E-state index in [1.807, 2.05) is 23.1 Å². The van der Waals surface area contributed by atoms with Crippen molar-refractivity contribution in [3.8, 4) is 22.5 Å². The third-order valence-corrected chi connectivity index (χ3v) is 6.11. The van der Waals surface area contributed by atoms with Crippen LogP contribution in [0, 0.1) is 6.92 Å². The van der Waals surface area contributed by atoms with Crippen LogP contribution >= 0.6 is 12.4 Å². The molecule has 0 bridgehead atoms. The number of H-pyrrole nitrogens is 1. The lowest BCUT2D eigenvalue weighted by Gasteiger charge is -2.14. The van der Waals surface area contributed by atoms with Gasteiger partial charge in [0.2, 0.25) is 0 Å². The molecule has 1 atom stereocenters. The first-order valence-corrected chi connectivity index (χ1v) is 10.4. The van der Waals surface area contributed by atoms with Gasteiger partial charge >= 0.3 is 0 Å². The van der Waals surface area contributed by atoms with Crippen LogP contribution in [0.15, 0.2) is 36.7 Å². The standard InChI is InChI=1S/C23H26N6.ClH/c1-3-29-14(2)19(13-26-29)22-27-21-18(10-11-25-23(21)28-22)16-8-9-17-15(12-16)6-4-5-7-20(17)24;/h8-13,20H,3-7,24H2,1-2H3,(H,25,27,28);1H. The number of nitrogens with two attached hydrogens (primary N) is 1. The highest BCUT2D eigenvalue weighted by molar-refractivity contribution is 5.91. The largest absolute Gasteiger partial charge is 0.324 e. The predicted octanol–water partition coefficient (Wildman–Crippen LogP) is 4.96. The monoisotopic (exact) mass is 422 g/mol. The van der Waals surface area contributed by atoms with Gasteiger partial charge in [-0.05, 0) is 55.9 Å². The Bertz CT molecular complexity index is 1190. The van der Waals surface area contributed by atoms with Crippen molar-refractivity contribution >= 4 is 23.6 Å². The zero-order valence-corrected chi connectivity index (χ0v) is 18.2. The van der Waals surface area contributed by atoms with E-state index in [1.54, 1.807) is 0 Å². The number of pyridine rings is 1. The predicted molar refractivity (Wildman–Crippen MR) is 123 cm³/mol. The summed E-state index contributed by atoms with van der Waals surface area (Å²) < 4.78 is 1.98. The molecular formula is C23H27ClN6. The van der Waals surface area contributed by atoms with Gasteiger partial charge in [-0.2, -0.15) is 5.10 Å². The number of nitrogens with zero attached hydrogens (tertiary/aromatic N) is 4. The van der Waals surface area contributed by atoms with Crippen LogP contribution in [0.4, 0.5) is 0 Å². The third-order valence-electron chi connectivity index (χ3n) is 6.11. The first-order chi connectivity index (χ1) is 14.2. The molecule has 0 saturated carbocycles. The minimum absolute atomic E-state index is 0. The SMILES string of the molecule is CCn1ncc(-c2nc3c(-c4ccc5c(c4)CCCCC5N)ccnc3[nH]2)c1C.Cl. The Hall–Kier alpha value is -2.70. The zero-order valence-electron chi connectivity index (χ0n) is 17.4. The van der Waals surface area contributed by atoms with Gasteiger partial charge in [0, 0.05) is 30.0 Å². The Morgan fingerprint density at radius 1 is 1.20 bits per heavy atom. The molecule has 0 saturated heterocycles. The second-order valence-electron chi connectivity index (χ2n) is 7.87. The lowest BCUT2D eigenvalue weighted by Crippen LogP contribution is -2.10. The van der Waals surface area contributed by atoms with Crippen molar-refractivity contribution in [1.29, 1.82) is 0 Å². The summed E-state index contributed by atoms with van der Waals surface area (Å²) in [7, 11) is 0. The molecule has 7 heteroatoms. The molecule has 6 nitrogen and oxygen atoms in total. The fraction of sp³-hybridized carbons (Fsp3) is 0.348. The summed E-state index contributed by atoms with van der Waals surface area (Å²) in [5.41, 5.74) is 15.1. The van der Waals surface area contributed by atoms with Gasteiger partial charge in [-0.25, -0.2) is 9.97 Å². The summed E-state index contributed by atoms with van der Waals surface area (Å²) in [6, 6.07) is 8.87. The first kappa shape index (κ1) is 20.6. The fourth-order valence-electron chi connectivity index (χ4n) is 4.46. The number of aromatic amines is 1. The van der Waals surface area contributed by atoms with Crippen molar-refractivity contribution in [2.45, 2.75) is 52.1 Å². The van der Waals surface area contributed by atoms with E-state index in [1.165, 1.54) is 29.5 Å². The molecule has 0 amide bonds. The third kappa shape index (κ3) is 3.40. The van der Waals surface area contributed by atoms with E-state index in [4.69, 9.17) is 10.7 Å². The Morgan fingerprint density at radius 2 is 2.07 bits per heavy atom. The maximum atomic E-state index is 6.39. The van der Waals surface area contributed by atoms with Crippen molar-refractivity contribution in [2.24, 2.45) is 5.73 Å². The number of aryl methyl sites for hydroxylation is 2. The number of rotatable bonds is 3. The van der Waals surface area contributed by atoms with Crippen LogP contribution in [0.25, 0.3) is 33.7 Å². The molecule has 30 heavy (non-hydrogen) atoms. The van der Waals surface area contributed by atoms with E-state index in [0.29, 0.717) is 0 Å². The van der Waals surface area contributed by atoms with Crippen molar-refractivity contribution < 1.29 is 0 Å². The van der Waals surface area contributed by atoms with E-state index in [-0.39, 0.29) is 18.4 Å². The molecule has 0 radical (unpaired) electrons. The van der Waals surface area contributed by atoms with Gasteiger partial charge in [-0.3, -0.25) is 4.68 Å². The van der Waals surface area contributed by atoms with Crippen LogP contribution in [-0.4, -0.2) is 24.7 Å². The van der Waals surface area contributed by atoms with Crippen LogP contribution in [-0.2, 0) is 13.0 Å². The van der Waals surface area contributed by atoms with Gasteiger partial charge < -0.3 is 10.7 Å². The molecule has 1 aromatic carbocycles. The molecule has 1 aliphatic carbocycles. The molecule has 4 aromatic rings.